The van der Waals surface area contributed by atoms with Crippen LogP contribution in [0.25, 0.3) is 0 Å². The van der Waals surface area contributed by atoms with Gasteiger partial charge in [0.1, 0.15) is 0 Å². The fourth-order valence-electron chi connectivity index (χ4n) is 2.53. The van der Waals surface area contributed by atoms with Crippen molar-refractivity contribution in [3.63, 3.8) is 0 Å². The zero-order valence-electron chi connectivity index (χ0n) is 11.9. The van der Waals surface area contributed by atoms with Gasteiger partial charge in [-0.1, -0.05) is 24.9 Å². The Hall–Kier alpha value is -1.59. The van der Waals surface area contributed by atoms with Gasteiger partial charge in [0.05, 0.1) is 6.54 Å². The monoisotopic (exact) mass is 265 g/mol. The summed E-state index contributed by atoms with van der Waals surface area (Å²) < 4.78 is 4.93. The summed E-state index contributed by atoms with van der Waals surface area (Å²) in [5, 5.41) is 10.5. The molecule has 0 aromatic carbocycles. The van der Waals surface area contributed by atoms with Gasteiger partial charge in [-0.15, -0.1) is 0 Å². The normalized spacial score (nSPS) is 24.3. The number of nitrogens with zero attached hydrogens (tertiary/aromatic N) is 3. The summed E-state index contributed by atoms with van der Waals surface area (Å²) in [7, 11) is 1.78. The zero-order chi connectivity index (χ0) is 13.7. The van der Waals surface area contributed by atoms with Gasteiger partial charge < -0.3 is 15.2 Å². The summed E-state index contributed by atoms with van der Waals surface area (Å²) in [4.78, 5) is 8.39. The second-order valence-corrected chi connectivity index (χ2v) is 5.27. The third-order valence-corrected chi connectivity index (χ3v) is 3.48. The van der Waals surface area contributed by atoms with Crippen molar-refractivity contribution in [1.29, 1.82) is 0 Å². The smallest absolute Gasteiger partial charge is 0.223 e. The molecule has 1 heterocycles. The second kappa shape index (κ2) is 6.54. The van der Waals surface area contributed by atoms with Crippen molar-refractivity contribution in [2.24, 2.45) is 10.9 Å². The quantitative estimate of drug-likeness (QED) is 0.641. The lowest BCUT2D eigenvalue weighted by Gasteiger charge is -2.28. The van der Waals surface area contributed by atoms with E-state index >= 15 is 0 Å². The van der Waals surface area contributed by atoms with Crippen LogP contribution < -0.4 is 10.6 Å². The van der Waals surface area contributed by atoms with Crippen LogP contribution in [0.3, 0.4) is 0 Å². The second-order valence-electron chi connectivity index (χ2n) is 5.27. The number of aromatic nitrogens is 2. The first-order valence-corrected chi connectivity index (χ1v) is 6.93. The molecule has 1 aliphatic carbocycles. The molecule has 1 aromatic heterocycles. The Labute approximate surface area is 114 Å². The summed E-state index contributed by atoms with van der Waals surface area (Å²) in [5.41, 5.74) is 0. The molecule has 19 heavy (non-hydrogen) atoms. The van der Waals surface area contributed by atoms with E-state index in [-0.39, 0.29) is 0 Å². The summed E-state index contributed by atoms with van der Waals surface area (Å²) in [6.45, 7) is 4.62. The van der Waals surface area contributed by atoms with Crippen LogP contribution in [-0.2, 0) is 6.54 Å². The van der Waals surface area contributed by atoms with E-state index in [1.54, 1.807) is 14.0 Å². The highest BCUT2D eigenvalue weighted by molar-refractivity contribution is 5.79. The molecule has 0 aliphatic heterocycles. The van der Waals surface area contributed by atoms with E-state index in [4.69, 9.17) is 4.52 Å². The summed E-state index contributed by atoms with van der Waals surface area (Å²) in [6, 6.07) is 0.516. The molecule has 1 aliphatic rings. The lowest BCUT2D eigenvalue weighted by atomic mass is 9.87. The molecular formula is C13H23N5O. The Kier molecular flexibility index (Phi) is 4.76. The average Bonchev–Trinajstić information content (AvgIpc) is 2.80. The van der Waals surface area contributed by atoms with Crippen LogP contribution in [0.4, 0.5) is 0 Å². The minimum Gasteiger partial charge on any atom is -0.354 e. The van der Waals surface area contributed by atoms with Gasteiger partial charge in [0.15, 0.2) is 11.8 Å². The summed E-state index contributed by atoms with van der Waals surface area (Å²) >= 11 is 0. The lowest BCUT2D eigenvalue weighted by Crippen LogP contribution is -2.44. The Bertz CT molecular complexity index is 428. The SMILES string of the molecule is CN=C(NCc1noc(C)n1)NC1CCCC(C)C1. The largest absolute Gasteiger partial charge is 0.354 e. The third kappa shape index (κ3) is 4.22. The van der Waals surface area contributed by atoms with Gasteiger partial charge in [-0.3, -0.25) is 4.99 Å². The first-order chi connectivity index (χ1) is 9.17. The van der Waals surface area contributed by atoms with Crippen LogP contribution >= 0.6 is 0 Å². The van der Waals surface area contributed by atoms with Crippen LogP contribution in [0.15, 0.2) is 9.52 Å². The molecule has 1 fully saturated rings. The van der Waals surface area contributed by atoms with Gasteiger partial charge in [0.25, 0.3) is 0 Å². The number of rotatable bonds is 3. The third-order valence-electron chi connectivity index (χ3n) is 3.48. The van der Waals surface area contributed by atoms with Crippen molar-refractivity contribution in [3.8, 4) is 0 Å². The van der Waals surface area contributed by atoms with Gasteiger partial charge in [-0.25, -0.2) is 0 Å². The minimum absolute atomic E-state index is 0.516. The number of aliphatic imine (C=N–C) groups is 1. The van der Waals surface area contributed by atoms with Crippen LogP contribution in [0.1, 0.15) is 44.3 Å². The summed E-state index contributed by atoms with van der Waals surface area (Å²) in [6.07, 6.45) is 5.06. The first kappa shape index (κ1) is 13.8. The first-order valence-electron chi connectivity index (χ1n) is 6.93. The molecule has 0 saturated heterocycles. The van der Waals surface area contributed by atoms with Crippen molar-refractivity contribution in [2.75, 3.05) is 7.05 Å². The van der Waals surface area contributed by atoms with Crippen molar-refractivity contribution in [1.82, 2.24) is 20.8 Å². The fourth-order valence-corrected chi connectivity index (χ4v) is 2.53. The van der Waals surface area contributed by atoms with E-state index in [9.17, 15) is 0 Å². The molecule has 0 spiro atoms. The Balaban J connectivity index is 1.80. The van der Waals surface area contributed by atoms with Crippen molar-refractivity contribution in [3.05, 3.63) is 11.7 Å². The Morgan fingerprint density at radius 2 is 2.32 bits per heavy atom. The predicted octanol–water partition coefficient (Wildman–Crippen LogP) is 1.62. The highest BCUT2D eigenvalue weighted by Gasteiger charge is 2.19. The standard InChI is InChI=1S/C13H23N5O/c1-9-5-4-6-11(7-9)17-13(14-3)15-8-12-16-10(2)19-18-12/h9,11H,4-8H2,1-3H3,(H2,14,15,17). The molecule has 2 unspecified atom stereocenters. The maximum absolute atomic E-state index is 4.93. The minimum atomic E-state index is 0.516. The fraction of sp³-hybridized carbons (Fsp3) is 0.769. The molecule has 6 heteroatoms. The van der Waals surface area contributed by atoms with Crippen LogP contribution in [0.2, 0.25) is 0 Å². The number of hydrogen-bond acceptors (Lipinski definition) is 4. The Morgan fingerprint density at radius 1 is 1.47 bits per heavy atom. The van der Waals surface area contributed by atoms with E-state index in [1.807, 2.05) is 0 Å². The van der Waals surface area contributed by atoms with Crippen molar-refractivity contribution in [2.45, 2.75) is 52.1 Å². The molecule has 0 amide bonds. The van der Waals surface area contributed by atoms with Crippen LogP contribution in [-0.4, -0.2) is 29.2 Å². The molecule has 2 N–H and O–H groups in total. The Morgan fingerprint density at radius 3 is 2.95 bits per heavy atom. The van der Waals surface area contributed by atoms with E-state index in [2.05, 4.69) is 32.7 Å². The van der Waals surface area contributed by atoms with Gasteiger partial charge in [-0.05, 0) is 18.8 Å². The molecule has 6 nitrogen and oxygen atoms in total. The molecule has 0 bridgehead atoms. The molecule has 2 atom stereocenters. The molecule has 1 saturated carbocycles. The van der Waals surface area contributed by atoms with E-state index in [1.165, 1.54) is 25.7 Å². The number of guanidine groups is 1. The van der Waals surface area contributed by atoms with Gasteiger partial charge in [0, 0.05) is 20.0 Å². The molecule has 2 rings (SSSR count). The maximum Gasteiger partial charge on any atom is 0.223 e. The highest BCUT2D eigenvalue weighted by atomic mass is 16.5. The molecule has 0 radical (unpaired) electrons. The molecule has 106 valence electrons. The maximum atomic E-state index is 4.93. The van der Waals surface area contributed by atoms with E-state index in [0.717, 1.165) is 11.9 Å². The van der Waals surface area contributed by atoms with Crippen molar-refractivity contribution < 1.29 is 4.52 Å². The summed E-state index contributed by atoms with van der Waals surface area (Å²) in [5.74, 6) is 2.84. The number of hydrogen-bond donors (Lipinski definition) is 2. The number of nitrogens with one attached hydrogen (secondary N) is 2. The van der Waals surface area contributed by atoms with Crippen molar-refractivity contribution >= 4 is 5.96 Å². The zero-order valence-corrected chi connectivity index (χ0v) is 11.9. The van der Waals surface area contributed by atoms with E-state index in [0.29, 0.717) is 24.3 Å². The average molecular weight is 265 g/mol. The van der Waals surface area contributed by atoms with Crippen LogP contribution in [0.5, 0.6) is 0 Å². The molecular weight excluding hydrogens is 242 g/mol. The number of aryl methyl sites for hydroxylation is 1. The van der Waals surface area contributed by atoms with Gasteiger partial charge in [-0.2, -0.15) is 4.98 Å². The lowest BCUT2D eigenvalue weighted by molar-refractivity contribution is 0.324. The van der Waals surface area contributed by atoms with Gasteiger partial charge in [0.2, 0.25) is 5.89 Å². The van der Waals surface area contributed by atoms with E-state index < -0.39 is 0 Å². The predicted molar refractivity (Wildman–Crippen MR) is 73.8 cm³/mol. The topological polar surface area (TPSA) is 75.3 Å². The van der Waals surface area contributed by atoms with Gasteiger partial charge >= 0.3 is 0 Å². The van der Waals surface area contributed by atoms with Crippen LogP contribution in [0, 0.1) is 12.8 Å². The highest BCUT2D eigenvalue weighted by Crippen LogP contribution is 2.23. The molecule has 1 aromatic rings.